The van der Waals surface area contributed by atoms with Gasteiger partial charge in [-0.15, -0.1) is 0 Å². The van der Waals surface area contributed by atoms with Crippen molar-refractivity contribution in [1.82, 2.24) is 19.5 Å². The van der Waals surface area contributed by atoms with E-state index in [1.54, 1.807) is 31.7 Å². The van der Waals surface area contributed by atoms with Crippen LogP contribution in [0.25, 0.3) is 22.0 Å². The Morgan fingerprint density at radius 2 is 2.04 bits per heavy atom. The first kappa shape index (κ1) is 18.4. The standard InChI is InChI=1S/C21H26N6O/c1-20(2,12-21(3)6-7-21)26-19-24-11-15-17(25-19)14(10-23-18(15)22)13-5-8-27(4)16(28)9-13/h5,8-11H,6-7,12H2,1-4H3,(H2,22,23)(H,24,25,26). The zero-order valence-corrected chi connectivity index (χ0v) is 16.8. The Labute approximate surface area is 164 Å². The van der Waals surface area contributed by atoms with Crippen LogP contribution in [-0.4, -0.2) is 25.1 Å². The van der Waals surface area contributed by atoms with Gasteiger partial charge in [-0.1, -0.05) is 6.92 Å². The number of hydrogen-bond donors (Lipinski definition) is 2. The molecule has 3 aromatic rings. The maximum Gasteiger partial charge on any atom is 0.250 e. The topological polar surface area (TPSA) is 98.7 Å². The van der Waals surface area contributed by atoms with Crippen molar-refractivity contribution in [1.29, 1.82) is 0 Å². The van der Waals surface area contributed by atoms with E-state index in [0.29, 0.717) is 28.1 Å². The van der Waals surface area contributed by atoms with E-state index in [2.05, 4.69) is 36.1 Å². The number of pyridine rings is 2. The molecule has 1 saturated carbocycles. The van der Waals surface area contributed by atoms with Crippen molar-refractivity contribution < 1.29 is 0 Å². The summed E-state index contributed by atoms with van der Waals surface area (Å²) in [7, 11) is 1.72. The first-order valence-corrected chi connectivity index (χ1v) is 9.52. The molecule has 0 atom stereocenters. The lowest BCUT2D eigenvalue weighted by Gasteiger charge is -2.29. The van der Waals surface area contributed by atoms with E-state index in [1.165, 1.54) is 17.4 Å². The minimum absolute atomic E-state index is 0.0892. The minimum Gasteiger partial charge on any atom is -0.383 e. The van der Waals surface area contributed by atoms with E-state index in [0.717, 1.165) is 17.5 Å². The molecule has 4 rings (SSSR count). The number of rotatable bonds is 5. The normalized spacial score (nSPS) is 15.6. The summed E-state index contributed by atoms with van der Waals surface area (Å²) >= 11 is 0. The predicted molar refractivity (Wildman–Crippen MR) is 112 cm³/mol. The van der Waals surface area contributed by atoms with Gasteiger partial charge in [0.1, 0.15) is 5.82 Å². The molecule has 3 aromatic heterocycles. The maximum atomic E-state index is 12.1. The van der Waals surface area contributed by atoms with Gasteiger partial charge in [0, 0.05) is 42.8 Å². The monoisotopic (exact) mass is 378 g/mol. The molecule has 0 amide bonds. The Kier molecular flexibility index (Phi) is 4.14. The van der Waals surface area contributed by atoms with Crippen LogP contribution in [-0.2, 0) is 7.05 Å². The van der Waals surface area contributed by atoms with Gasteiger partial charge in [-0.25, -0.2) is 15.0 Å². The summed E-state index contributed by atoms with van der Waals surface area (Å²) in [5, 5.41) is 4.15. The molecule has 0 radical (unpaired) electrons. The molecule has 0 aromatic carbocycles. The number of nitrogen functional groups attached to an aromatic ring is 1. The van der Waals surface area contributed by atoms with Crippen LogP contribution in [0.4, 0.5) is 11.8 Å². The first-order valence-electron chi connectivity index (χ1n) is 9.52. The lowest BCUT2D eigenvalue weighted by atomic mass is 9.89. The van der Waals surface area contributed by atoms with Crippen molar-refractivity contribution in [3.05, 3.63) is 41.1 Å². The number of fused-ring (bicyclic) bond motifs is 1. The number of nitrogens with zero attached hydrogens (tertiary/aromatic N) is 4. The second-order valence-electron chi connectivity index (χ2n) is 8.87. The number of nitrogens with one attached hydrogen (secondary N) is 1. The molecule has 28 heavy (non-hydrogen) atoms. The third kappa shape index (κ3) is 3.56. The molecule has 0 aliphatic heterocycles. The molecule has 7 nitrogen and oxygen atoms in total. The van der Waals surface area contributed by atoms with E-state index < -0.39 is 0 Å². The second kappa shape index (κ2) is 6.29. The molecule has 7 heteroatoms. The van der Waals surface area contributed by atoms with Crippen LogP contribution >= 0.6 is 0 Å². The Balaban J connectivity index is 1.77. The van der Waals surface area contributed by atoms with Gasteiger partial charge in [-0.05, 0) is 50.2 Å². The fourth-order valence-corrected chi connectivity index (χ4v) is 3.83. The number of aryl methyl sites for hydroxylation is 1. The van der Waals surface area contributed by atoms with E-state index in [9.17, 15) is 4.79 Å². The molecule has 0 spiro atoms. The third-order valence-corrected chi connectivity index (χ3v) is 5.49. The van der Waals surface area contributed by atoms with Crippen LogP contribution in [0.15, 0.2) is 35.5 Å². The highest BCUT2D eigenvalue weighted by atomic mass is 16.1. The van der Waals surface area contributed by atoms with Gasteiger partial charge in [0.05, 0.1) is 10.9 Å². The summed E-state index contributed by atoms with van der Waals surface area (Å²) in [5.74, 6) is 0.927. The third-order valence-electron chi connectivity index (χ3n) is 5.49. The molecule has 3 N–H and O–H groups in total. The van der Waals surface area contributed by atoms with Crippen LogP contribution in [0.3, 0.4) is 0 Å². The molecular formula is C21H26N6O. The number of aromatic nitrogens is 4. The second-order valence-corrected chi connectivity index (χ2v) is 8.87. The van der Waals surface area contributed by atoms with Gasteiger partial charge in [-0.2, -0.15) is 0 Å². The molecular weight excluding hydrogens is 352 g/mol. The number of nitrogens with two attached hydrogens (primary N) is 1. The van der Waals surface area contributed by atoms with E-state index in [4.69, 9.17) is 10.7 Å². The van der Waals surface area contributed by atoms with Crippen molar-refractivity contribution in [2.24, 2.45) is 12.5 Å². The van der Waals surface area contributed by atoms with E-state index in [1.807, 2.05) is 6.07 Å². The fourth-order valence-electron chi connectivity index (χ4n) is 3.83. The highest BCUT2D eigenvalue weighted by Gasteiger charge is 2.42. The summed E-state index contributed by atoms with van der Waals surface area (Å²) < 4.78 is 1.53. The molecule has 1 aliphatic carbocycles. The Bertz CT molecular complexity index is 1110. The van der Waals surface area contributed by atoms with Crippen LogP contribution in [0.1, 0.15) is 40.0 Å². The molecule has 1 fully saturated rings. The summed E-state index contributed by atoms with van der Waals surface area (Å²) in [6, 6.07) is 3.46. The Hall–Kier alpha value is -2.96. The van der Waals surface area contributed by atoms with Crippen LogP contribution in [0.2, 0.25) is 0 Å². The molecule has 0 saturated heterocycles. The van der Waals surface area contributed by atoms with Gasteiger partial charge >= 0.3 is 0 Å². The van der Waals surface area contributed by atoms with Crippen LogP contribution < -0.4 is 16.6 Å². The quantitative estimate of drug-likeness (QED) is 0.706. The van der Waals surface area contributed by atoms with Crippen molar-refractivity contribution in [3.63, 3.8) is 0 Å². The summed E-state index contributed by atoms with van der Waals surface area (Å²) in [6.07, 6.45) is 8.70. The molecule has 0 bridgehead atoms. The van der Waals surface area contributed by atoms with Crippen molar-refractivity contribution >= 4 is 22.7 Å². The molecule has 146 valence electrons. The number of hydrogen-bond acceptors (Lipinski definition) is 6. The predicted octanol–water partition coefficient (Wildman–Crippen LogP) is 3.35. The lowest BCUT2D eigenvalue weighted by Crippen LogP contribution is -2.34. The summed E-state index contributed by atoms with van der Waals surface area (Å²) in [5.41, 5.74) is 8.46. The van der Waals surface area contributed by atoms with Crippen LogP contribution in [0, 0.1) is 5.41 Å². The fraction of sp³-hybridized carbons (Fsp3) is 0.429. The highest BCUT2D eigenvalue weighted by Crippen LogP contribution is 2.51. The average molecular weight is 378 g/mol. The molecule has 1 aliphatic rings. The zero-order valence-electron chi connectivity index (χ0n) is 16.8. The summed E-state index contributed by atoms with van der Waals surface area (Å²) in [4.78, 5) is 25.6. The highest BCUT2D eigenvalue weighted by molar-refractivity contribution is 5.98. The van der Waals surface area contributed by atoms with Crippen molar-refractivity contribution in [2.45, 2.75) is 45.6 Å². The van der Waals surface area contributed by atoms with Gasteiger partial charge in [-0.3, -0.25) is 4.79 Å². The zero-order chi connectivity index (χ0) is 20.1. The Morgan fingerprint density at radius 1 is 1.29 bits per heavy atom. The number of anilines is 2. The maximum absolute atomic E-state index is 12.1. The first-order chi connectivity index (χ1) is 13.2. The smallest absolute Gasteiger partial charge is 0.250 e. The SMILES string of the molecule is Cn1ccc(-c2cnc(N)c3cnc(NC(C)(C)CC4(C)CC4)nc23)cc1=O. The van der Waals surface area contributed by atoms with Crippen LogP contribution in [0.5, 0.6) is 0 Å². The van der Waals surface area contributed by atoms with Crippen molar-refractivity contribution in [2.75, 3.05) is 11.1 Å². The van der Waals surface area contributed by atoms with Crippen molar-refractivity contribution in [3.8, 4) is 11.1 Å². The Morgan fingerprint density at radius 3 is 2.71 bits per heavy atom. The van der Waals surface area contributed by atoms with E-state index in [-0.39, 0.29) is 11.1 Å². The minimum atomic E-state index is -0.125. The lowest BCUT2D eigenvalue weighted by molar-refractivity contribution is 0.388. The van der Waals surface area contributed by atoms with E-state index >= 15 is 0 Å². The van der Waals surface area contributed by atoms with Gasteiger partial charge in [0.2, 0.25) is 5.95 Å². The summed E-state index contributed by atoms with van der Waals surface area (Å²) in [6.45, 7) is 6.66. The molecule has 0 unspecified atom stereocenters. The van der Waals surface area contributed by atoms with Gasteiger partial charge < -0.3 is 15.6 Å². The molecule has 3 heterocycles. The van der Waals surface area contributed by atoms with Gasteiger partial charge in [0.25, 0.3) is 5.56 Å². The largest absolute Gasteiger partial charge is 0.383 e. The average Bonchev–Trinajstić information content (AvgIpc) is 3.33. The van der Waals surface area contributed by atoms with Gasteiger partial charge in [0.15, 0.2) is 0 Å².